The van der Waals surface area contributed by atoms with Gasteiger partial charge in [-0.2, -0.15) is 0 Å². The predicted molar refractivity (Wildman–Crippen MR) is 124 cm³/mol. The van der Waals surface area contributed by atoms with Gasteiger partial charge in [0.1, 0.15) is 0 Å². The monoisotopic (exact) mass is 528 g/mol. The molecule has 0 saturated carbocycles. The van der Waals surface area contributed by atoms with Gasteiger partial charge < -0.3 is 10.1 Å². The number of hydrogen-bond acceptors (Lipinski definition) is 5. The number of carbonyl (C=O) groups excluding carboxylic acids is 2. The lowest BCUT2D eigenvalue weighted by Crippen LogP contribution is -2.30. The fourth-order valence-electron chi connectivity index (χ4n) is 2.68. The van der Waals surface area contributed by atoms with Crippen molar-refractivity contribution >= 4 is 56.5 Å². The third kappa shape index (κ3) is 6.43. The smallest absolute Gasteiger partial charge is 0.338 e. The molecule has 2 N–H and O–H groups in total. The first-order valence-electron chi connectivity index (χ1n) is 9.50. The van der Waals surface area contributed by atoms with Crippen molar-refractivity contribution in [1.29, 1.82) is 0 Å². The summed E-state index contributed by atoms with van der Waals surface area (Å²) in [5, 5.41) is 3.15. The molecule has 0 aliphatic heterocycles. The number of hydrogen-bond donors (Lipinski definition) is 2. The first kappa shape index (κ1) is 25.4. The molecular weight excluding hydrogens is 513 g/mol. The Bertz CT molecular complexity index is 1330. The number of esters is 1. The first-order chi connectivity index (χ1) is 15.9. The number of sulfonamides is 1. The molecule has 34 heavy (non-hydrogen) atoms. The molecule has 0 heterocycles. The molecule has 0 aliphatic rings. The Hall–Kier alpha value is -3.21. The van der Waals surface area contributed by atoms with Crippen molar-refractivity contribution in [3.05, 3.63) is 87.9 Å². The molecule has 7 nitrogen and oxygen atoms in total. The van der Waals surface area contributed by atoms with Crippen LogP contribution in [0.3, 0.4) is 0 Å². The van der Waals surface area contributed by atoms with Gasteiger partial charge in [0, 0.05) is 21.4 Å². The molecule has 1 unspecified atom stereocenters. The molecule has 1 amide bonds. The molecule has 3 rings (SSSR count). The van der Waals surface area contributed by atoms with Gasteiger partial charge in [-0.3, -0.25) is 9.52 Å². The van der Waals surface area contributed by atoms with Crippen LogP contribution in [-0.4, -0.2) is 26.4 Å². The van der Waals surface area contributed by atoms with Crippen molar-refractivity contribution in [2.45, 2.75) is 17.9 Å². The summed E-state index contributed by atoms with van der Waals surface area (Å²) in [6.07, 6.45) is -1.17. The fraction of sp³-hybridized carbons (Fsp3) is 0.0909. The van der Waals surface area contributed by atoms with Gasteiger partial charge in [-0.25, -0.2) is 22.0 Å². The molecule has 178 valence electrons. The molecule has 0 radical (unpaired) electrons. The lowest BCUT2D eigenvalue weighted by atomic mass is 10.2. The Morgan fingerprint density at radius 2 is 1.50 bits per heavy atom. The molecule has 12 heteroatoms. The Labute approximate surface area is 203 Å². The zero-order valence-corrected chi connectivity index (χ0v) is 19.6. The van der Waals surface area contributed by atoms with Gasteiger partial charge in [0.25, 0.3) is 15.9 Å². The van der Waals surface area contributed by atoms with E-state index in [-0.39, 0.29) is 11.3 Å². The van der Waals surface area contributed by atoms with Crippen molar-refractivity contribution in [2.24, 2.45) is 0 Å². The minimum absolute atomic E-state index is 0.0428. The highest BCUT2D eigenvalue weighted by atomic mass is 35.5. The average Bonchev–Trinajstić information content (AvgIpc) is 2.75. The van der Waals surface area contributed by atoms with E-state index in [1.165, 1.54) is 49.4 Å². The van der Waals surface area contributed by atoms with Crippen molar-refractivity contribution in [1.82, 2.24) is 0 Å². The number of ether oxygens (including phenoxy) is 1. The summed E-state index contributed by atoms with van der Waals surface area (Å²) in [7, 11) is -4.20. The van der Waals surface area contributed by atoms with Gasteiger partial charge in [-0.05, 0) is 67.6 Å². The van der Waals surface area contributed by atoms with E-state index in [4.69, 9.17) is 27.9 Å². The summed E-state index contributed by atoms with van der Waals surface area (Å²) in [6.45, 7) is 1.36. The second-order valence-electron chi connectivity index (χ2n) is 6.95. The van der Waals surface area contributed by atoms with E-state index in [0.29, 0.717) is 27.9 Å². The highest BCUT2D eigenvalue weighted by Gasteiger charge is 2.20. The Kier molecular flexibility index (Phi) is 7.75. The highest BCUT2D eigenvalue weighted by molar-refractivity contribution is 7.92. The highest BCUT2D eigenvalue weighted by Crippen LogP contribution is 2.23. The van der Waals surface area contributed by atoms with Crippen molar-refractivity contribution < 1.29 is 31.5 Å². The van der Waals surface area contributed by atoms with Crippen LogP contribution in [0.2, 0.25) is 10.0 Å². The van der Waals surface area contributed by atoms with Gasteiger partial charge in [0.15, 0.2) is 17.7 Å². The van der Waals surface area contributed by atoms with Gasteiger partial charge in [-0.15, -0.1) is 0 Å². The average molecular weight is 529 g/mol. The number of carbonyl (C=O) groups is 2. The van der Waals surface area contributed by atoms with E-state index < -0.39 is 44.5 Å². The van der Waals surface area contributed by atoms with E-state index in [9.17, 15) is 26.8 Å². The lowest BCUT2D eigenvalue weighted by Gasteiger charge is -2.14. The van der Waals surface area contributed by atoms with Crippen LogP contribution in [-0.2, 0) is 19.6 Å². The maximum absolute atomic E-state index is 13.3. The van der Waals surface area contributed by atoms with Crippen molar-refractivity contribution in [3.63, 3.8) is 0 Å². The topological polar surface area (TPSA) is 102 Å². The molecule has 3 aromatic rings. The van der Waals surface area contributed by atoms with Crippen LogP contribution in [0.4, 0.5) is 20.2 Å². The zero-order chi connectivity index (χ0) is 25.0. The molecule has 1 atom stereocenters. The summed E-state index contributed by atoms with van der Waals surface area (Å²) in [6, 6.07) is 11.7. The fourth-order valence-corrected chi connectivity index (χ4v) is 4.28. The maximum Gasteiger partial charge on any atom is 0.338 e. The number of benzene rings is 3. The Morgan fingerprint density at radius 3 is 2.09 bits per heavy atom. The molecular formula is C22H16Cl2F2N2O5S. The summed E-state index contributed by atoms with van der Waals surface area (Å²) in [4.78, 5) is 24.2. The van der Waals surface area contributed by atoms with Crippen LogP contribution < -0.4 is 10.0 Å². The number of amides is 1. The molecule has 0 bridgehead atoms. The molecule has 3 aromatic carbocycles. The van der Waals surface area contributed by atoms with E-state index in [1.54, 1.807) is 0 Å². The van der Waals surface area contributed by atoms with Gasteiger partial charge in [0.05, 0.1) is 10.5 Å². The Balaban J connectivity index is 1.62. The second-order valence-corrected chi connectivity index (χ2v) is 9.51. The van der Waals surface area contributed by atoms with E-state index >= 15 is 0 Å². The minimum atomic E-state index is -4.20. The van der Waals surface area contributed by atoms with Gasteiger partial charge in [0.2, 0.25) is 0 Å². The third-order valence-electron chi connectivity index (χ3n) is 4.36. The van der Waals surface area contributed by atoms with Crippen molar-refractivity contribution in [3.8, 4) is 0 Å². The summed E-state index contributed by atoms with van der Waals surface area (Å²) < 4.78 is 58.4. The number of anilines is 2. The van der Waals surface area contributed by atoms with Crippen LogP contribution in [0, 0.1) is 11.6 Å². The summed E-state index contributed by atoms with van der Waals surface area (Å²) >= 11 is 11.8. The normalized spacial score (nSPS) is 12.0. The SMILES string of the molecule is CC(OC(=O)c1ccc(NS(=O)(=O)c2ccc(F)c(F)c2)cc1)C(=O)Nc1cc(Cl)cc(Cl)c1. The van der Waals surface area contributed by atoms with E-state index in [2.05, 4.69) is 10.0 Å². The minimum Gasteiger partial charge on any atom is -0.449 e. The maximum atomic E-state index is 13.3. The van der Waals surface area contributed by atoms with Gasteiger partial charge >= 0.3 is 5.97 Å². The predicted octanol–water partition coefficient (Wildman–Crippen LogP) is 5.26. The molecule has 0 fully saturated rings. The molecule has 0 saturated heterocycles. The number of nitrogens with one attached hydrogen (secondary N) is 2. The van der Waals surface area contributed by atoms with E-state index in [1.807, 2.05) is 0 Å². The lowest BCUT2D eigenvalue weighted by molar-refractivity contribution is -0.123. The van der Waals surface area contributed by atoms with Crippen LogP contribution in [0.25, 0.3) is 0 Å². The van der Waals surface area contributed by atoms with Crippen LogP contribution >= 0.6 is 23.2 Å². The standard InChI is InChI=1S/C22H16Cl2F2N2O5S/c1-12(21(29)27-17-9-14(23)8-15(24)10-17)33-22(30)13-2-4-16(5-3-13)28-34(31,32)18-6-7-19(25)20(26)11-18/h2-12,28H,1H3,(H,27,29). The molecule has 0 spiro atoms. The number of rotatable bonds is 7. The first-order valence-corrected chi connectivity index (χ1v) is 11.7. The number of halogens is 4. The molecule has 0 aromatic heterocycles. The quantitative estimate of drug-likeness (QED) is 0.407. The summed E-state index contributed by atoms with van der Waals surface area (Å²) in [5.74, 6) is -3.94. The van der Waals surface area contributed by atoms with Crippen LogP contribution in [0.15, 0.2) is 65.6 Å². The largest absolute Gasteiger partial charge is 0.449 e. The van der Waals surface area contributed by atoms with E-state index in [0.717, 1.165) is 6.07 Å². The van der Waals surface area contributed by atoms with Crippen molar-refractivity contribution in [2.75, 3.05) is 10.0 Å². The summed E-state index contributed by atoms with van der Waals surface area (Å²) in [5.41, 5.74) is 0.425. The third-order valence-corrected chi connectivity index (χ3v) is 6.17. The van der Waals surface area contributed by atoms with Crippen LogP contribution in [0.5, 0.6) is 0 Å². The Morgan fingerprint density at radius 1 is 0.882 bits per heavy atom. The molecule has 0 aliphatic carbocycles. The van der Waals surface area contributed by atoms with Gasteiger partial charge in [-0.1, -0.05) is 23.2 Å². The van der Waals surface area contributed by atoms with Crippen LogP contribution in [0.1, 0.15) is 17.3 Å². The second kappa shape index (κ2) is 10.4. The zero-order valence-electron chi connectivity index (χ0n) is 17.3.